The molecule has 8 heteroatoms. The lowest BCUT2D eigenvalue weighted by molar-refractivity contribution is -0.384. The molecule has 1 saturated heterocycles. The Morgan fingerprint density at radius 3 is 2.78 bits per heavy atom. The smallest absolute Gasteiger partial charge is 0.330 e. The van der Waals surface area contributed by atoms with Gasteiger partial charge in [0.2, 0.25) is 5.15 Å². The summed E-state index contributed by atoms with van der Waals surface area (Å²) in [6.45, 7) is 4.53. The third kappa shape index (κ3) is 3.38. The highest BCUT2D eigenvalue weighted by molar-refractivity contribution is 7.13. The Labute approximate surface area is 165 Å². The van der Waals surface area contributed by atoms with E-state index in [-0.39, 0.29) is 10.8 Å². The van der Waals surface area contributed by atoms with Crippen LogP contribution in [0, 0.1) is 17.0 Å². The van der Waals surface area contributed by atoms with E-state index >= 15 is 0 Å². The minimum Gasteiger partial charge on any atom is -0.366 e. The Bertz CT molecular complexity index is 1000. The Balaban J connectivity index is 1.90. The molecule has 0 unspecified atom stereocenters. The molecule has 0 spiro atoms. The van der Waals surface area contributed by atoms with Gasteiger partial charge in [-0.25, -0.2) is 4.98 Å². The number of anilines is 1. The predicted molar refractivity (Wildman–Crippen MR) is 111 cm³/mol. The van der Waals surface area contributed by atoms with Crippen molar-refractivity contribution in [1.82, 2.24) is 9.88 Å². The highest BCUT2D eigenvalue weighted by atomic mass is 35.5. The van der Waals surface area contributed by atoms with E-state index in [1.807, 2.05) is 36.6 Å². The van der Waals surface area contributed by atoms with Gasteiger partial charge in [-0.2, -0.15) is 0 Å². The quantitative estimate of drug-likeness (QED) is 0.356. The molecule has 0 bridgehead atoms. The fourth-order valence-electron chi connectivity index (χ4n) is 3.66. The van der Waals surface area contributed by atoms with Gasteiger partial charge in [-0.1, -0.05) is 23.7 Å². The molecule has 27 heavy (non-hydrogen) atoms. The molecule has 0 saturated carbocycles. The molecule has 1 aliphatic heterocycles. The normalized spacial score (nSPS) is 14.7. The first-order valence-electron chi connectivity index (χ1n) is 8.83. The van der Waals surface area contributed by atoms with Crippen LogP contribution in [0.3, 0.4) is 0 Å². The maximum atomic E-state index is 11.7. The number of likely N-dealkylation sites (tertiary alicyclic amines) is 1. The number of aromatic nitrogens is 1. The van der Waals surface area contributed by atoms with Crippen molar-refractivity contribution in [2.24, 2.45) is 0 Å². The first-order chi connectivity index (χ1) is 13.1. The molecule has 0 aliphatic carbocycles. The standard InChI is InChI=1S/C19H19ClN4O2S/c1-12-13(15-5-4-10-27-15)6-7-14-16(12)17(18(24(25)26)19(20)22-14)21-11-23-8-2-3-9-23/h4-7,10H,2-3,8-9,11H2,1H3,(H,21,22). The van der Waals surface area contributed by atoms with Crippen molar-refractivity contribution in [3.63, 3.8) is 0 Å². The summed E-state index contributed by atoms with van der Waals surface area (Å²) in [5, 5.41) is 17.7. The number of rotatable bonds is 5. The van der Waals surface area contributed by atoms with Gasteiger partial charge in [0, 0.05) is 10.3 Å². The van der Waals surface area contributed by atoms with Gasteiger partial charge < -0.3 is 5.32 Å². The predicted octanol–water partition coefficient (Wildman–Crippen LogP) is 5.30. The second kappa shape index (κ2) is 7.42. The van der Waals surface area contributed by atoms with Gasteiger partial charge in [0.05, 0.1) is 17.1 Å². The monoisotopic (exact) mass is 402 g/mol. The van der Waals surface area contributed by atoms with Gasteiger partial charge in [0.25, 0.3) is 0 Å². The number of nitro groups is 1. The number of nitrogens with zero attached hydrogens (tertiary/aromatic N) is 3. The Morgan fingerprint density at radius 1 is 1.33 bits per heavy atom. The molecule has 2 aromatic heterocycles. The van der Waals surface area contributed by atoms with Crippen LogP contribution in [0.2, 0.25) is 5.15 Å². The minimum absolute atomic E-state index is 0.0836. The van der Waals surface area contributed by atoms with E-state index in [2.05, 4.69) is 15.2 Å². The molecule has 6 nitrogen and oxygen atoms in total. The zero-order valence-corrected chi connectivity index (χ0v) is 16.4. The number of aryl methyl sites for hydroxylation is 1. The summed E-state index contributed by atoms with van der Waals surface area (Å²) in [6.07, 6.45) is 2.31. The molecule has 0 atom stereocenters. The van der Waals surface area contributed by atoms with E-state index in [1.54, 1.807) is 11.3 Å². The van der Waals surface area contributed by atoms with Crippen molar-refractivity contribution < 1.29 is 4.92 Å². The maximum Gasteiger partial charge on any atom is 0.330 e. The molecular weight excluding hydrogens is 384 g/mol. The van der Waals surface area contributed by atoms with Crippen molar-refractivity contribution in [1.29, 1.82) is 0 Å². The molecule has 3 aromatic rings. The number of fused-ring (bicyclic) bond motifs is 1. The van der Waals surface area contributed by atoms with Crippen LogP contribution in [0.15, 0.2) is 29.6 Å². The van der Waals surface area contributed by atoms with Crippen molar-refractivity contribution in [2.75, 3.05) is 25.1 Å². The van der Waals surface area contributed by atoms with E-state index < -0.39 is 4.92 Å². The van der Waals surface area contributed by atoms with E-state index in [9.17, 15) is 10.1 Å². The maximum absolute atomic E-state index is 11.7. The van der Waals surface area contributed by atoms with Gasteiger partial charge >= 0.3 is 5.69 Å². The second-order valence-electron chi connectivity index (χ2n) is 6.65. The average Bonchev–Trinajstić information content (AvgIpc) is 3.33. The first kappa shape index (κ1) is 18.2. The van der Waals surface area contributed by atoms with Crippen molar-refractivity contribution in [3.8, 4) is 10.4 Å². The van der Waals surface area contributed by atoms with Crippen molar-refractivity contribution in [2.45, 2.75) is 19.8 Å². The number of benzene rings is 1. The number of halogens is 1. The topological polar surface area (TPSA) is 71.3 Å². The Kier molecular flexibility index (Phi) is 4.99. The van der Waals surface area contributed by atoms with E-state index in [4.69, 9.17) is 11.6 Å². The highest BCUT2D eigenvalue weighted by Crippen LogP contribution is 2.42. The average molecular weight is 403 g/mol. The van der Waals surface area contributed by atoms with Crippen LogP contribution in [-0.4, -0.2) is 34.6 Å². The van der Waals surface area contributed by atoms with Crippen LogP contribution in [0.5, 0.6) is 0 Å². The summed E-state index contributed by atoms with van der Waals surface area (Å²) >= 11 is 7.83. The van der Waals surface area contributed by atoms with Gasteiger partial charge in [-0.05, 0) is 61.5 Å². The minimum atomic E-state index is -0.446. The van der Waals surface area contributed by atoms with Crippen LogP contribution in [0.25, 0.3) is 21.3 Å². The molecule has 140 valence electrons. The Hall–Kier alpha value is -2.22. The number of hydrogen-bond donors (Lipinski definition) is 1. The molecule has 1 aromatic carbocycles. The summed E-state index contributed by atoms with van der Waals surface area (Å²) in [7, 11) is 0. The number of thiophene rings is 1. The lowest BCUT2D eigenvalue weighted by Gasteiger charge is -2.19. The van der Waals surface area contributed by atoms with E-state index in [0.29, 0.717) is 17.9 Å². The summed E-state index contributed by atoms with van der Waals surface area (Å²) in [6, 6.07) is 7.93. The van der Waals surface area contributed by atoms with Crippen LogP contribution >= 0.6 is 22.9 Å². The molecular formula is C19H19ClN4O2S. The van der Waals surface area contributed by atoms with E-state index in [0.717, 1.165) is 47.3 Å². The van der Waals surface area contributed by atoms with Crippen LogP contribution in [0.1, 0.15) is 18.4 Å². The SMILES string of the molecule is Cc1c(-c2cccs2)ccc2nc(Cl)c([N+](=O)[O-])c(NCN3CCCC3)c12. The third-order valence-electron chi connectivity index (χ3n) is 4.99. The van der Waals surface area contributed by atoms with Crippen LogP contribution in [-0.2, 0) is 0 Å². The molecule has 1 aliphatic rings. The number of pyridine rings is 1. The molecule has 0 amide bonds. The zero-order chi connectivity index (χ0) is 19.0. The fourth-order valence-corrected chi connectivity index (χ4v) is 4.72. The molecule has 1 fully saturated rings. The molecule has 0 radical (unpaired) electrons. The second-order valence-corrected chi connectivity index (χ2v) is 7.96. The number of nitrogens with one attached hydrogen (secondary N) is 1. The van der Waals surface area contributed by atoms with Crippen molar-refractivity contribution in [3.05, 3.63) is 50.5 Å². The Morgan fingerprint density at radius 2 is 2.11 bits per heavy atom. The summed E-state index contributed by atoms with van der Waals surface area (Å²) in [5.74, 6) is 0. The molecule has 1 N–H and O–H groups in total. The largest absolute Gasteiger partial charge is 0.366 e. The lowest BCUT2D eigenvalue weighted by atomic mass is 10.00. The van der Waals surface area contributed by atoms with Gasteiger partial charge in [-0.3, -0.25) is 15.0 Å². The first-order valence-corrected chi connectivity index (χ1v) is 10.1. The summed E-state index contributed by atoms with van der Waals surface area (Å²) in [4.78, 5) is 19.0. The third-order valence-corrected chi connectivity index (χ3v) is 6.16. The fraction of sp³-hybridized carbons (Fsp3) is 0.316. The number of hydrogen-bond acceptors (Lipinski definition) is 6. The summed E-state index contributed by atoms with van der Waals surface area (Å²) in [5.41, 5.74) is 2.98. The zero-order valence-electron chi connectivity index (χ0n) is 14.9. The lowest BCUT2D eigenvalue weighted by Crippen LogP contribution is -2.26. The molecule has 4 rings (SSSR count). The van der Waals surface area contributed by atoms with Crippen molar-refractivity contribution >= 4 is 45.2 Å². The summed E-state index contributed by atoms with van der Waals surface area (Å²) < 4.78 is 0. The molecule has 3 heterocycles. The van der Waals surface area contributed by atoms with Gasteiger partial charge in [-0.15, -0.1) is 11.3 Å². The van der Waals surface area contributed by atoms with Gasteiger partial charge in [0.1, 0.15) is 5.69 Å². The van der Waals surface area contributed by atoms with Crippen LogP contribution < -0.4 is 5.32 Å². The van der Waals surface area contributed by atoms with Gasteiger partial charge in [0.15, 0.2) is 0 Å². The van der Waals surface area contributed by atoms with E-state index in [1.165, 1.54) is 0 Å². The van der Waals surface area contributed by atoms with Crippen LogP contribution in [0.4, 0.5) is 11.4 Å². The highest BCUT2D eigenvalue weighted by Gasteiger charge is 2.26.